The van der Waals surface area contributed by atoms with Crippen LogP contribution in [0.1, 0.15) is 28.9 Å². The lowest BCUT2D eigenvalue weighted by molar-refractivity contribution is 0.0995. The fourth-order valence-corrected chi connectivity index (χ4v) is 2.37. The fourth-order valence-electron chi connectivity index (χ4n) is 2.37. The molecule has 0 aliphatic heterocycles. The van der Waals surface area contributed by atoms with Gasteiger partial charge in [0.1, 0.15) is 0 Å². The Hall–Kier alpha value is -2.63. The Morgan fingerprint density at radius 3 is 2.71 bits per heavy atom. The van der Waals surface area contributed by atoms with Gasteiger partial charge in [-0.2, -0.15) is 0 Å². The van der Waals surface area contributed by atoms with Crippen LogP contribution in [-0.2, 0) is 6.54 Å². The van der Waals surface area contributed by atoms with Gasteiger partial charge in [-0.1, -0.05) is 12.1 Å². The van der Waals surface area contributed by atoms with Crippen LogP contribution in [0.3, 0.4) is 0 Å². The Morgan fingerprint density at radius 1 is 1.29 bits per heavy atom. The zero-order chi connectivity index (χ0) is 14.8. The predicted octanol–water partition coefficient (Wildman–Crippen LogP) is 1.33. The van der Waals surface area contributed by atoms with Crippen LogP contribution in [0.2, 0.25) is 0 Å². The molecular weight excluding hydrogens is 266 g/mol. The fraction of sp³-hybridized carbons (Fsp3) is 0.267. The van der Waals surface area contributed by atoms with E-state index in [1.165, 1.54) is 6.20 Å². The number of hydrogen-bond acceptors (Lipinski definition) is 5. The van der Waals surface area contributed by atoms with E-state index >= 15 is 0 Å². The van der Waals surface area contributed by atoms with Gasteiger partial charge in [-0.3, -0.25) is 4.79 Å². The van der Waals surface area contributed by atoms with Crippen LogP contribution in [-0.4, -0.2) is 21.9 Å². The second-order valence-electron chi connectivity index (χ2n) is 5.20. The summed E-state index contributed by atoms with van der Waals surface area (Å²) < 4.78 is 0. The molecule has 3 rings (SSSR count). The van der Waals surface area contributed by atoms with E-state index in [0.29, 0.717) is 18.4 Å². The molecule has 4 N–H and O–H groups in total. The number of amides is 1. The van der Waals surface area contributed by atoms with Crippen molar-refractivity contribution in [1.82, 2.24) is 9.97 Å². The van der Waals surface area contributed by atoms with Gasteiger partial charge in [-0.15, -0.1) is 0 Å². The van der Waals surface area contributed by atoms with E-state index < -0.39 is 5.91 Å². The van der Waals surface area contributed by atoms with Gasteiger partial charge in [0, 0.05) is 30.7 Å². The van der Waals surface area contributed by atoms with E-state index in [1.807, 2.05) is 24.3 Å². The third-order valence-corrected chi connectivity index (χ3v) is 3.48. The molecule has 0 radical (unpaired) electrons. The van der Waals surface area contributed by atoms with Crippen LogP contribution >= 0.6 is 0 Å². The average Bonchev–Trinajstić information content (AvgIpc) is 3.29. The lowest BCUT2D eigenvalue weighted by Gasteiger charge is -2.24. The van der Waals surface area contributed by atoms with Gasteiger partial charge in [0.05, 0.1) is 0 Å². The number of carbonyl (C=O) groups is 1. The minimum Gasteiger partial charge on any atom is -0.399 e. The van der Waals surface area contributed by atoms with Crippen molar-refractivity contribution in [2.45, 2.75) is 25.4 Å². The van der Waals surface area contributed by atoms with E-state index in [-0.39, 0.29) is 5.69 Å². The minimum atomic E-state index is -0.559. The Bertz CT molecular complexity index is 669. The van der Waals surface area contributed by atoms with Gasteiger partial charge in [0.2, 0.25) is 0 Å². The van der Waals surface area contributed by atoms with Gasteiger partial charge in [0.15, 0.2) is 11.5 Å². The number of benzene rings is 1. The maximum atomic E-state index is 11.5. The number of anilines is 2. The summed E-state index contributed by atoms with van der Waals surface area (Å²) >= 11 is 0. The van der Waals surface area contributed by atoms with Crippen molar-refractivity contribution in [3.63, 3.8) is 0 Å². The Morgan fingerprint density at radius 2 is 2.05 bits per heavy atom. The number of nitrogens with two attached hydrogens (primary N) is 2. The number of nitrogen functional groups attached to an aromatic ring is 1. The summed E-state index contributed by atoms with van der Waals surface area (Å²) in [7, 11) is 0. The standard InChI is InChI=1S/C15H17N5O/c16-11-3-1-2-10(8-11)9-20(12-4-5-12)15-13(14(17)21)18-6-7-19-15/h1-3,6-8,12H,4-5,9,16H2,(H2,17,21). The number of rotatable bonds is 5. The van der Waals surface area contributed by atoms with Crippen molar-refractivity contribution in [3.05, 3.63) is 47.9 Å². The third-order valence-electron chi connectivity index (χ3n) is 3.48. The van der Waals surface area contributed by atoms with Crippen LogP contribution in [0, 0.1) is 0 Å². The topological polar surface area (TPSA) is 98.1 Å². The summed E-state index contributed by atoms with van der Waals surface area (Å²) in [5.74, 6) is -0.00810. The lowest BCUT2D eigenvalue weighted by atomic mass is 10.2. The summed E-state index contributed by atoms with van der Waals surface area (Å²) in [4.78, 5) is 22.0. The first-order valence-corrected chi connectivity index (χ1v) is 6.87. The van der Waals surface area contributed by atoms with Gasteiger partial charge < -0.3 is 16.4 Å². The normalized spacial score (nSPS) is 13.9. The molecule has 1 amide bonds. The van der Waals surface area contributed by atoms with Gasteiger partial charge >= 0.3 is 0 Å². The first kappa shape index (κ1) is 13.4. The number of hydrogen-bond donors (Lipinski definition) is 2. The molecule has 6 nitrogen and oxygen atoms in total. The molecule has 1 aromatic heterocycles. The second-order valence-corrected chi connectivity index (χ2v) is 5.20. The van der Waals surface area contributed by atoms with E-state index in [4.69, 9.17) is 11.5 Å². The highest BCUT2D eigenvalue weighted by Crippen LogP contribution is 2.33. The summed E-state index contributed by atoms with van der Waals surface area (Å²) in [5.41, 5.74) is 13.2. The lowest BCUT2D eigenvalue weighted by Crippen LogP contribution is -2.29. The first-order valence-electron chi connectivity index (χ1n) is 6.87. The molecule has 0 spiro atoms. The van der Waals surface area contributed by atoms with E-state index in [0.717, 1.165) is 24.1 Å². The molecule has 0 bridgehead atoms. The van der Waals surface area contributed by atoms with Crippen molar-refractivity contribution >= 4 is 17.4 Å². The molecule has 21 heavy (non-hydrogen) atoms. The van der Waals surface area contributed by atoms with Gasteiger partial charge in [-0.25, -0.2) is 9.97 Å². The highest BCUT2D eigenvalue weighted by molar-refractivity contribution is 5.95. The van der Waals surface area contributed by atoms with Gasteiger partial charge in [0.25, 0.3) is 5.91 Å². The van der Waals surface area contributed by atoms with Crippen molar-refractivity contribution in [3.8, 4) is 0 Å². The molecule has 108 valence electrons. The Kier molecular flexibility index (Phi) is 3.43. The number of nitrogens with zero attached hydrogens (tertiary/aromatic N) is 3. The van der Waals surface area contributed by atoms with E-state index in [9.17, 15) is 4.79 Å². The highest BCUT2D eigenvalue weighted by Gasteiger charge is 2.32. The van der Waals surface area contributed by atoms with Crippen LogP contribution in [0.15, 0.2) is 36.7 Å². The average molecular weight is 283 g/mol. The van der Waals surface area contributed by atoms with Crippen molar-refractivity contribution < 1.29 is 4.79 Å². The Labute approximate surface area is 122 Å². The molecule has 1 fully saturated rings. The quantitative estimate of drug-likeness (QED) is 0.807. The molecular formula is C15H17N5O. The van der Waals surface area contributed by atoms with E-state index in [2.05, 4.69) is 14.9 Å². The molecule has 0 unspecified atom stereocenters. The molecule has 6 heteroatoms. The second kappa shape index (κ2) is 5.40. The number of carbonyl (C=O) groups excluding carboxylic acids is 1. The van der Waals surface area contributed by atoms with Crippen LogP contribution in [0.5, 0.6) is 0 Å². The molecule has 2 aromatic rings. The monoisotopic (exact) mass is 283 g/mol. The Balaban J connectivity index is 1.94. The van der Waals surface area contributed by atoms with Crippen molar-refractivity contribution in [2.75, 3.05) is 10.6 Å². The predicted molar refractivity (Wildman–Crippen MR) is 80.6 cm³/mol. The third kappa shape index (κ3) is 2.94. The molecule has 1 aliphatic rings. The molecule has 1 heterocycles. The molecule has 1 saturated carbocycles. The zero-order valence-electron chi connectivity index (χ0n) is 11.6. The van der Waals surface area contributed by atoms with E-state index in [1.54, 1.807) is 6.20 Å². The summed E-state index contributed by atoms with van der Waals surface area (Å²) in [6, 6.07) is 8.08. The molecule has 0 saturated heterocycles. The number of primary amides is 1. The molecule has 1 aromatic carbocycles. The maximum Gasteiger partial charge on any atom is 0.271 e. The van der Waals surface area contributed by atoms with Crippen molar-refractivity contribution in [2.24, 2.45) is 5.73 Å². The van der Waals surface area contributed by atoms with Crippen molar-refractivity contribution in [1.29, 1.82) is 0 Å². The number of aromatic nitrogens is 2. The zero-order valence-corrected chi connectivity index (χ0v) is 11.6. The van der Waals surface area contributed by atoms with Crippen LogP contribution in [0.25, 0.3) is 0 Å². The highest BCUT2D eigenvalue weighted by atomic mass is 16.1. The summed E-state index contributed by atoms with van der Waals surface area (Å²) in [5, 5.41) is 0. The van der Waals surface area contributed by atoms with Crippen LogP contribution < -0.4 is 16.4 Å². The molecule has 0 atom stereocenters. The van der Waals surface area contributed by atoms with Crippen LogP contribution in [0.4, 0.5) is 11.5 Å². The SMILES string of the molecule is NC(=O)c1nccnc1N(Cc1cccc(N)c1)C1CC1. The van der Waals surface area contributed by atoms with Gasteiger partial charge in [-0.05, 0) is 30.5 Å². The molecule has 1 aliphatic carbocycles. The summed E-state index contributed by atoms with van der Waals surface area (Å²) in [6.45, 7) is 0.634. The largest absolute Gasteiger partial charge is 0.399 e. The maximum absolute atomic E-state index is 11.5. The smallest absolute Gasteiger partial charge is 0.271 e. The first-order chi connectivity index (χ1) is 10.1. The minimum absolute atomic E-state index is 0.216. The summed E-state index contributed by atoms with van der Waals surface area (Å²) in [6.07, 6.45) is 5.22.